The van der Waals surface area contributed by atoms with Gasteiger partial charge in [-0.2, -0.15) is 5.10 Å². The van der Waals surface area contributed by atoms with Crippen LogP contribution in [0.1, 0.15) is 22.8 Å². The van der Waals surface area contributed by atoms with Gasteiger partial charge in [-0.1, -0.05) is 18.2 Å². The van der Waals surface area contributed by atoms with Gasteiger partial charge in [-0.05, 0) is 36.8 Å². The predicted molar refractivity (Wildman–Crippen MR) is 92.2 cm³/mol. The molecule has 7 nitrogen and oxygen atoms in total. The summed E-state index contributed by atoms with van der Waals surface area (Å²) in [7, 11) is 1.55. The summed E-state index contributed by atoms with van der Waals surface area (Å²) >= 11 is 0. The summed E-state index contributed by atoms with van der Waals surface area (Å²) in [5, 5.41) is 12.7. The molecule has 25 heavy (non-hydrogen) atoms. The molecule has 0 aliphatic carbocycles. The number of carbonyl (C=O) groups excluding carboxylic acids is 1. The Hall–Kier alpha value is -3.35. The van der Waals surface area contributed by atoms with Crippen molar-refractivity contribution in [1.82, 2.24) is 5.43 Å². The summed E-state index contributed by atoms with van der Waals surface area (Å²) in [4.78, 5) is 22.7. The minimum absolute atomic E-state index is 0.182. The van der Waals surface area contributed by atoms with Crippen LogP contribution in [-0.4, -0.2) is 36.4 Å². The molecule has 0 radical (unpaired) electrons. The smallest absolute Gasteiger partial charge is 0.335 e. The fourth-order valence-electron chi connectivity index (χ4n) is 1.91. The standard InChI is InChI=1S/C18H18N2O5/c1-12(25-16-5-3-4-15(10-16)24-2)17(21)20-19-11-13-6-8-14(9-7-13)18(22)23/h3-12H,1-2H3,(H,20,21)(H,22,23)/b19-11+. The number of hydrogen-bond acceptors (Lipinski definition) is 5. The Bertz CT molecular complexity index is 771. The van der Waals surface area contributed by atoms with Crippen molar-refractivity contribution in [1.29, 1.82) is 0 Å². The van der Waals surface area contributed by atoms with Crippen LogP contribution in [0, 0.1) is 0 Å². The second-order valence-corrected chi connectivity index (χ2v) is 5.10. The minimum Gasteiger partial charge on any atom is -0.497 e. The van der Waals surface area contributed by atoms with Gasteiger partial charge in [0.05, 0.1) is 18.9 Å². The molecule has 0 saturated heterocycles. The zero-order chi connectivity index (χ0) is 18.2. The van der Waals surface area contributed by atoms with Gasteiger partial charge in [0.25, 0.3) is 5.91 Å². The summed E-state index contributed by atoms with van der Waals surface area (Å²) in [6.45, 7) is 1.60. The second kappa shape index (κ2) is 8.49. The second-order valence-electron chi connectivity index (χ2n) is 5.10. The van der Waals surface area contributed by atoms with Gasteiger partial charge in [-0.15, -0.1) is 0 Å². The minimum atomic E-state index is -1.000. The molecule has 0 aromatic heterocycles. The largest absolute Gasteiger partial charge is 0.497 e. The van der Waals surface area contributed by atoms with E-state index in [4.69, 9.17) is 14.6 Å². The Labute approximate surface area is 144 Å². The van der Waals surface area contributed by atoms with E-state index in [0.717, 1.165) is 0 Å². The summed E-state index contributed by atoms with van der Waals surface area (Å²) in [6.07, 6.45) is 0.667. The molecule has 2 aromatic rings. The molecular weight excluding hydrogens is 324 g/mol. The van der Waals surface area contributed by atoms with Crippen molar-refractivity contribution in [3.8, 4) is 11.5 Å². The van der Waals surface area contributed by atoms with Gasteiger partial charge in [-0.25, -0.2) is 10.2 Å². The van der Waals surface area contributed by atoms with Gasteiger partial charge >= 0.3 is 5.97 Å². The number of ether oxygens (including phenoxy) is 2. The van der Waals surface area contributed by atoms with E-state index < -0.39 is 18.0 Å². The summed E-state index contributed by atoms with van der Waals surface area (Å²) in [5.41, 5.74) is 3.22. The molecule has 0 fully saturated rings. The molecule has 0 bridgehead atoms. The Kier molecular flexibility index (Phi) is 6.11. The van der Waals surface area contributed by atoms with Crippen LogP contribution in [0.4, 0.5) is 0 Å². The first-order valence-electron chi connectivity index (χ1n) is 7.46. The normalized spacial score (nSPS) is 11.8. The van der Waals surface area contributed by atoms with E-state index in [1.165, 1.54) is 18.3 Å². The molecule has 2 rings (SSSR count). The first-order valence-corrected chi connectivity index (χ1v) is 7.46. The van der Waals surface area contributed by atoms with E-state index in [2.05, 4.69) is 10.5 Å². The fraction of sp³-hybridized carbons (Fsp3) is 0.167. The molecule has 0 heterocycles. The van der Waals surface area contributed by atoms with Crippen molar-refractivity contribution in [3.05, 3.63) is 59.7 Å². The maximum atomic E-state index is 12.0. The molecule has 1 unspecified atom stereocenters. The number of rotatable bonds is 7. The van der Waals surface area contributed by atoms with Crippen molar-refractivity contribution < 1.29 is 24.2 Å². The molecule has 7 heteroatoms. The lowest BCUT2D eigenvalue weighted by Crippen LogP contribution is -2.33. The zero-order valence-electron chi connectivity index (χ0n) is 13.8. The number of hydrazone groups is 1. The quantitative estimate of drug-likeness (QED) is 0.594. The summed E-state index contributed by atoms with van der Waals surface area (Å²) in [6, 6.07) is 13.0. The molecule has 0 aliphatic heterocycles. The lowest BCUT2D eigenvalue weighted by Gasteiger charge is -2.13. The first kappa shape index (κ1) is 18.0. The van der Waals surface area contributed by atoms with Gasteiger partial charge in [0, 0.05) is 6.07 Å². The number of carbonyl (C=O) groups is 2. The van der Waals surface area contributed by atoms with Crippen molar-refractivity contribution in [2.45, 2.75) is 13.0 Å². The van der Waals surface area contributed by atoms with Crippen LogP contribution in [0.2, 0.25) is 0 Å². The SMILES string of the molecule is COc1cccc(OC(C)C(=O)N/N=C/c2ccc(C(=O)O)cc2)c1. The van der Waals surface area contributed by atoms with Crippen LogP contribution in [0.25, 0.3) is 0 Å². The number of carboxylic acids is 1. The van der Waals surface area contributed by atoms with E-state index >= 15 is 0 Å². The van der Waals surface area contributed by atoms with Crippen molar-refractivity contribution in [3.63, 3.8) is 0 Å². The van der Waals surface area contributed by atoms with Crippen LogP contribution in [0.5, 0.6) is 11.5 Å². The van der Waals surface area contributed by atoms with Crippen LogP contribution in [0.15, 0.2) is 53.6 Å². The average Bonchev–Trinajstić information content (AvgIpc) is 2.62. The lowest BCUT2D eigenvalue weighted by molar-refractivity contribution is -0.127. The third kappa shape index (κ3) is 5.35. The average molecular weight is 342 g/mol. The van der Waals surface area contributed by atoms with E-state index in [0.29, 0.717) is 17.1 Å². The highest BCUT2D eigenvalue weighted by atomic mass is 16.5. The molecule has 0 saturated carbocycles. The van der Waals surface area contributed by atoms with Crippen molar-refractivity contribution >= 4 is 18.1 Å². The third-order valence-corrected chi connectivity index (χ3v) is 3.27. The van der Waals surface area contributed by atoms with Crippen LogP contribution in [-0.2, 0) is 4.79 Å². The van der Waals surface area contributed by atoms with Crippen molar-refractivity contribution in [2.24, 2.45) is 5.10 Å². The molecule has 0 spiro atoms. The van der Waals surface area contributed by atoms with Gasteiger partial charge in [-0.3, -0.25) is 4.79 Å². The molecule has 130 valence electrons. The highest BCUT2D eigenvalue weighted by molar-refractivity contribution is 5.89. The predicted octanol–water partition coefficient (Wildman–Crippen LogP) is 2.31. The monoisotopic (exact) mass is 342 g/mol. The number of carboxylic acid groups (broad SMARTS) is 1. The molecule has 2 N–H and O–H groups in total. The Morgan fingerprint density at radius 3 is 2.48 bits per heavy atom. The zero-order valence-corrected chi connectivity index (χ0v) is 13.8. The van der Waals surface area contributed by atoms with E-state index in [9.17, 15) is 9.59 Å². The van der Waals surface area contributed by atoms with Crippen molar-refractivity contribution in [2.75, 3.05) is 7.11 Å². The number of methoxy groups -OCH3 is 1. The highest BCUT2D eigenvalue weighted by Gasteiger charge is 2.14. The molecular formula is C18H18N2O5. The van der Waals surface area contributed by atoms with Gasteiger partial charge < -0.3 is 14.6 Å². The van der Waals surface area contributed by atoms with E-state index in [1.54, 1.807) is 50.4 Å². The van der Waals surface area contributed by atoms with Gasteiger partial charge in [0.2, 0.25) is 0 Å². The van der Waals surface area contributed by atoms with Gasteiger partial charge in [0.15, 0.2) is 6.10 Å². The molecule has 1 amide bonds. The third-order valence-electron chi connectivity index (χ3n) is 3.27. The number of amides is 1. The topological polar surface area (TPSA) is 97.2 Å². The molecule has 2 aromatic carbocycles. The summed E-state index contributed by atoms with van der Waals surface area (Å²) < 4.78 is 10.6. The van der Waals surface area contributed by atoms with E-state index in [1.807, 2.05) is 0 Å². The number of hydrogen-bond donors (Lipinski definition) is 2. The van der Waals surface area contributed by atoms with Crippen LogP contribution in [0.3, 0.4) is 0 Å². The van der Waals surface area contributed by atoms with E-state index in [-0.39, 0.29) is 5.56 Å². The number of nitrogens with zero attached hydrogens (tertiary/aromatic N) is 1. The van der Waals surface area contributed by atoms with Gasteiger partial charge in [0.1, 0.15) is 11.5 Å². The Balaban J connectivity index is 1.88. The number of aromatic carboxylic acids is 1. The van der Waals surface area contributed by atoms with Crippen LogP contribution >= 0.6 is 0 Å². The Morgan fingerprint density at radius 2 is 1.84 bits per heavy atom. The highest BCUT2D eigenvalue weighted by Crippen LogP contribution is 2.19. The Morgan fingerprint density at radius 1 is 1.16 bits per heavy atom. The first-order chi connectivity index (χ1) is 12.0. The molecule has 0 aliphatic rings. The fourth-order valence-corrected chi connectivity index (χ4v) is 1.91. The number of benzene rings is 2. The molecule has 1 atom stereocenters. The number of nitrogens with one attached hydrogen (secondary N) is 1. The van der Waals surface area contributed by atoms with Crippen LogP contribution < -0.4 is 14.9 Å². The maximum Gasteiger partial charge on any atom is 0.335 e. The maximum absolute atomic E-state index is 12.0. The lowest BCUT2D eigenvalue weighted by atomic mass is 10.1. The summed E-state index contributed by atoms with van der Waals surface area (Å²) in [5.74, 6) is -0.273.